The molecule has 3 rings (SSSR count). The van der Waals surface area contributed by atoms with Gasteiger partial charge in [-0.3, -0.25) is 14.3 Å². The van der Waals surface area contributed by atoms with E-state index in [0.717, 1.165) is 0 Å². The van der Waals surface area contributed by atoms with Crippen LogP contribution in [0.5, 0.6) is 0 Å². The Bertz CT molecular complexity index is 765. The van der Waals surface area contributed by atoms with Crippen LogP contribution in [-0.4, -0.2) is 86.2 Å². The van der Waals surface area contributed by atoms with Gasteiger partial charge in [-0.05, 0) is 14.1 Å². The molecule has 0 radical (unpaired) electrons. The lowest BCUT2D eigenvalue weighted by atomic mass is 10.1. The Balaban J connectivity index is 1.85. The molecule has 0 spiro atoms. The van der Waals surface area contributed by atoms with Crippen molar-refractivity contribution in [2.75, 3.05) is 33.0 Å². The molecule has 0 amide bonds. The number of carbonyl (C=O) groups excluding carboxylic acids is 1. The van der Waals surface area contributed by atoms with Crippen LogP contribution in [0.25, 0.3) is 11.2 Å². The van der Waals surface area contributed by atoms with Crippen molar-refractivity contribution >= 4 is 23.0 Å². The number of fused-ring (bicyclic) bond motifs is 1. The van der Waals surface area contributed by atoms with Crippen LogP contribution in [0.15, 0.2) is 12.7 Å². The number of hydrogen-bond donors (Lipinski definition) is 3. The number of aliphatic hydroxyl groups is 2. The zero-order valence-electron chi connectivity index (χ0n) is 13.8. The molecule has 11 nitrogen and oxygen atoms in total. The fraction of sp³-hybridized carbons (Fsp3) is 0.571. The molecule has 4 atom stereocenters. The van der Waals surface area contributed by atoms with E-state index in [9.17, 15) is 15.0 Å². The summed E-state index contributed by atoms with van der Waals surface area (Å²) in [5, 5.41) is 20.1. The Labute approximate surface area is 143 Å². The van der Waals surface area contributed by atoms with Crippen LogP contribution < -0.4 is 5.73 Å². The molecule has 0 unspecified atom stereocenters. The molecule has 0 aliphatic carbocycles. The number of ether oxygens (including phenoxy) is 2. The zero-order chi connectivity index (χ0) is 18.1. The highest BCUT2D eigenvalue weighted by atomic mass is 16.6. The second kappa shape index (κ2) is 6.88. The summed E-state index contributed by atoms with van der Waals surface area (Å²) in [7, 11) is 3.44. The maximum absolute atomic E-state index is 11.9. The number of esters is 1. The Morgan fingerprint density at radius 1 is 1.44 bits per heavy atom. The molecule has 1 aliphatic heterocycles. The van der Waals surface area contributed by atoms with Crippen molar-refractivity contribution in [3.8, 4) is 0 Å². The molecule has 2 aromatic rings. The number of nitrogen functional groups attached to an aromatic ring is 1. The van der Waals surface area contributed by atoms with Crippen LogP contribution in [0.2, 0.25) is 0 Å². The van der Waals surface area contributed by atoms with E-state index in [0.29, 0.717) is 11.2 Å². The van der Waals surface area contributed by atoms with Crippen LogP contribution in [0.4, 0.5) is 5.82 Å². The van der Waals surface area contributed by atoms with Gasteiger partial charge in [-0.15, -0.1) is 0 Å². The van der Waals surface area contributed by atoms with Gasteiger partial charge in [0.1, 0.15) is 24.1 Å². The maximum atomic E-state index is 11.9. The number of anilines is 1. The predicted octanol–water partition coefficient (Wildman–Crippen LogP) is -1.87. The average molecular weight is 352 g/mol. The molecule has 0 aromatic carbocycles. The van der Waals surface area contributed by atoms with Crippen LogP contribution in [0.3, 0.4) is 0 Å². The second-order valence-electron chi connectivity index (χ2n) is 6.01. The summed E-state index contributed by atoms with van der Waals surface area (Å²) < 4.78 is 12.4. The van der Waals surface area contributed by atoms with Crippen LogP contribution in [0.1, 0.15) is 6.23 Å². The van der Waals surface area contributed by atoms with E-state index >= 15 is 0 Å². The summed E-state index contributed by atoms with van der Waals surface area (Å²) in [6, 6.07) is 0. The largest absolute Gasteiger partial charge is 0.456 e. The lowest BCUT2D eigenvalue weighted by Gasteiger charge is -2.20. The number of aliphatic hydroxyl groups excluding tert-OH is 2. The van der Waals surface area contributed by atoms with Gasteiger partial charge in [-0.1, -0.05) is 0 Å². The molecule has 2 aromatic heterocycles. The van der Waals surface area contributed by atoms with Crippen LogP contribution >= 0.6 is 0 Å². The molecule has 0 bridgehead atoms. The standard InChI is InChI=1S/C14H20N6O5/c1-19(2)3-8(22)25-11-7(4-21)24-14(10(11)23)20-6-18-9-12(15)16-5-17-13(9)20/h5-7,10-11,14,21,23H,3-4H2,1-2H3,(H2,15,16,17)/t7-,10+,11-,14-/m1/s1. The highest BCUT2D eigenvalue weighted by Gasteiger charge is 2.47. The third-order valence-corrected chi connectivity index (χ3v) is 3.86. The number of hydrogen-bond acceptors (Lipinski definition) is 10. The summed E-state index contributed by atoms with van der Waals surface area (Å²) in [6.07, 6.45) is -1.36. The fourth-order valence-corrected chi connectivity index (χ4v) is 2.75. The van der Waals surface area contributed by atoms with Gasteiger partial charge >= 0.3 is 5.97 Å². The quantitative estimate of drug-likeness (QED) is 0.522. The van der Waals surface area contributed by atoms with E-state index in [2.05, 4.69) is 15.0 Å². The van der Waals surface area contributed by atoms with Gasteiger partial charge in [0, 0.05) is 0 Å². The monoisotopic (exact) mass is 352 g/mol. The second-order valence-corrected chi connectivity index (χ2v) is 6.01. The normalized spacial score (nSPS) is 26.4. The van der Waals surface area contributed by atoms with E-state index in [-0.39, 0.29) is 12.4 Å². The van der Waals surface area contributed by atoms with Gasteiger partial charge in [0.25, 0.3) is 0 Å². The third kappa shape index (κ3) is 3.26. The van der Waals surface area contributed by atoms with Crippen LogP contribution in [-0.2, 0) is 14.3 Å². The highest BCUT2D eigenvalue weighted by Crippen LogP contribution is 2.33. The summed E-state index contributed by atoms with van der Waals surface area (Å²) in [4.78, 5) is 25.6. The van der Waals surface area contributed by atoms with Crippen molar-refractivity contribution in [3.05, 3.63) is 12.7 Å². The molecule has 1 fully saturated rings. The van der Waals surface area contributed by atoms with E-state index in [4.69, 9.17) is 15.2 Å². The van der Waals surface area contributed by atoms with Gasteiger partial charge in [-0.2, -0.15) is 0 Å². The molecule has 0 saturated carbocycles. The number of imidazole rings is 1. The number of aromatic nitrogens is 4. The minimum absolute atomic E-state index is 0.0454. The summed E-state index contributed by atoms with van der Waals surface area (Å²) in [5.74, 6) is -0.331. The fourth-order valence-electron chi connectivity index (χ4n) is 2.75. The van der Waals surface area contributed by atoms with Crippen molar-refractivity contribution in [2.24, 2.45) is 0 Å². The topological polar surface area (TPSA) is 149 Å². The van der Waals surface area contributed by atoms with Gasteiger partial charge in [0.2, 0.25) is 0 Å². The molecule has 1 aliphatic rings. The molecule has 11 heteroatoms. The Kier molecular flexibility index (Phi) is 4.81. The molecule has 4 N–H and O–H groups in total. The lowest BCUT2D eigenvalue weighted by molar-refractivity contribution is -0.157. The minimum Gasteiger partial charge on any atom is -0.456 e. The smallest absolute Gasteiger partial charge is 0.320 e. The number of rotatable bonds is 5. The van der Waals surface area contributed by atoms with Crippen LogP contribution in [0, 0.1) is 0 Å². The number of carbonyl (C=O) groups is 1. The first-order valence-electron chi connectivity index (χ1n) is 7.64. The molecule has 25 heavy (non-hydrogen) atoms. The van der Waals surface area contributed by atoms with Crippen molar-refractivity contribution in [1.82, 2.24) is 24.4 Å². The van der Waals surface area contributed by atoms with Crippen molar-refractivity contribution in [1.29, 1.82) is 0 Å². The number of nitrogens with two attached hydrogens (primary N) is 1. The Morgan fingerprint density at radius 3 is 2.88 bits per heavy atom. The van der Waals surface area contributed by atoms with Crippen molar-refractivity contribution in [3.63, 3.8) is 0 Å². The Hall–Kier alpha value is -2.34. The maximum Gasteiger partial charge on any atom is 0.320 e. The average Bonchev–Trinajstić information content (AvgIpc) is 3.10. The molecular weight excluding hydrogens is 332 g/mol. The van der Waals surface area contributed by atoms with E-state index in [1.54, 1.807) is 19.0 Å². The van der Waals surface area contributed by atoms with E-state index < -0.39 is 37.1 Å². The number of likely N-dealkylation sites (N-methyl/N-ethyl adjacent to an activating group) is 1. The van der Waals surface area contributed by atoms with Crippen molar-refractivity contribution in [2.45, 2.75) is 24.5 Å². The Morgan fingerprint density at radius 2 is 2.20 bits per heavy atom. The third-order valence-electron chi connectivity index (χ3n) is 3.86. The zero-order valence-corrected chi connectivity index (χ0v) is 13.8. The summed E-state index contributed by atoms with van der Waals surface area (Å²) in [5.41, 5.74) is 6.49. The summed E-state index contributed by atoms with van der Waals surface area (Å²) >= 11 is 0. The first-order chi connectivity index (χ1) is 11.9. The SMILES string of the molecule is CN(C)CC(=O)O[C@H]1[C@H](O)[C@H](n2cnc3c(N)ncnc32)O[C@@H]1CO. The van der Waals surface area contributed by atoms with Gasteiger partial charge in [0.05, 0.1) is 19.5 Å². The first-order valence-corrected chi connectivity index (χ1v) is 7.64. The molecule has 3 heterocycles. The molecule has 1 saturated heterocycles. The molecule has 136 valence electrons. The molecular formula is C14H20N6O5. The highest BCUT2D eigenvalue weighted by molar-refractivity contribution is 5.81. The minimum atomic E-state index is -1.21. The first kappa shape index (κ1) is 17.5. The van der Waals surface area contributed by atoms with Crippen molar-refractivity contribution < 1.29 is 24.5 Å². The van der Waals surface area contributed by atoms with E-state index in [1.807, 2.05) is 0 Å². The van der Waals surface area contributed by atoms with E-state index in [1.165, 1.54) is 17.2 Å². The predicted molar refractivity (Wildman–Crippen MR) is 85.2 cm³/mol. The lowest BCUT2D eigenvalue weighted by Crippen LogP contribution is -2.39. The van der Waals surface area contributed by atoms with Gasteiger partial charge < -0.3 is 25.4 Å². The van der Waals surface area contributed by atoms with Gasteiger partial charge in [-0.25, -0.2) is 15.0 Å². The van der Waals surface area contributed by atoms with Gasteiger partial charge in [0.15, 0.2) is 23.8 Å². The summed E-state index contributed by atoms with van der Waals surface area (Å²) in [6.45, 7) is -0.374. The number of nitrogens with zero attached hydrogens (tertiary/aromatic N) is 5.